The highest BCUT2D eigenvalue weighted by Crippen LogP contribution is 2.48. The molecule has 0 N–H and O–H groups in total. The fourth-order valence-corrected chi connectivity index (χ4v) is 9.56. The molecule has 13 rings (SSSR count). The molecule has 0 spiro atoms. The van der Waals surface area contributed by atoms with Crippen molar-refractivity contribution in [1.82, 2.24) is 18.9 Å². The molecule has 0 bridgehead atoms. The molecule has 0 unspecified atom stereocenters. The summed E-state index contributed by atoms with van der Waals surface area (Å²) in [4.78, 5) is 11.2. The molecular formula is C50H28N4. The minimum Gasteiger partial charge on any atom is -0.308 e. The zero-order valence-corrected chi connectivity index (χ0v) is 29.0. The number of fused-ring (bicyclic) bond motifs is 12. The van der Waals surface area contributed by atoms with Gasteiger partial charge in [-0.15, -0.1) is 0 Å². The van der Waals surface area contributed by atoms with Gasteiger partial charge in [-0.05, 0) is 45.8 Å². The van der Waals surface area contributed by atoms with Gasteiger partial charge in [-0.1, -0.05) is 146 Å². The van der Waals surface area contributed by atoms with Gasteiger partial charge in [0.15, 0.2) is 0 Å². The second-order valence-corrected chi connectivity index (χ2v) is 14.5. The molecule has 4 aromatic heterocycles. The van der Waals surface area contributed by atoms with Crippen LogP contribution in [0.3, 0.4) is 0 Å². The number of para-hydroxylation sites is 2. The maximum atomic E-state index is 5.62. The van der Waals surface area contributed by atoms with Gasteiger partial charge in [0.05, 0.1) is 38.8 Å². The average molecular weight is 685 g/mol. The molecule has 0 aliphatic heterocycles. The molecule has 0 fully saturated rings. The molecule has 0 atom stereocenters. The summed E-state index contributed by atoms with van der Waals surface area (Å²) < 4.78 is 4.92. The standard InChI is InChI=1S/C50H28N4/c1-2-14-30(15-3-1)45-39-26-25-29-13-4-7-18-33(29)46(39)52-50(51-45)54-48-34-19-8-5-16-31(34)27-40-38-23-12-22-37-36-21-10-11-24-41(36)53(47(37)38)42-28-32-17-6-9-20-35(32)49(54)44(42)43(40)48/h1-28H. The summed E-state index contributed by atoms with van der Waals surface area (Å²) in [6, 6.07) is 61.6. The van der Waals surface area contributed by atoms with Crippen molar-refractivity contribution in [2.24, 2.45) is 0 Å². The van der Waals surface area contributed by atoms with Crippen LogP contribution in [0.25, 0.3) is 120 Å². The first-order valence-corrected chi connectivity index (χ1v) is 18.5. The maximum Gasteiger partial charge on any atom is 0.235 e. The molecule has 4 nitrogen and oxygen atoms in total. The van der Waals surface area contributed by atoms with Gasteiger partial charge < -0.3 is 4.40 Å². The van der Waals surface area contributed by atoms with Gasteiger partial charge in [0.25, 0.3) is 0 Å². The van der Waals surface area contributed by atoms with E-state index in [4.69, 9.17) is 9.97 Å². The Kier molecular flexibility index (Phi) is 5.34. The highest BCUT2D eigenvalue weighted by atomic mass is 15.2. The summed E-state index contributed by atoms with van der Waals surface area (Å²) in [6.45, 7) is 0. The van der Waals surface area contributed by atoms with Crippen molar-refractivity contribution in [1.29, 1.82) is 0 Å². The van der Waals surface area contributed by atoms with Crippen LogP contribution in [0.1, 0.15) is 0 Å². The fourth-order valence-electron chi connectivity index (χ4n) is 9.56. The molecule has 4 heterocycles. The van der Waals surface area contributed by atoms with Crippen LogP contribution < -0.4 is 0 Å². The molecule has 9 aromatic carbocycles. The Morgan fingerprint density at radius 3 is 1.76 bits per heavy atom. The molecule has 0 aliphatic rings. The van der Waals surface area contributed by atoms with Crippen molar-refractivity contribution < 1.29 is 0 Å². The van der Waals surface area contributed by atoms with Gasteiger partial charge in [0.2, 0.25) is 5.95 Å². The van der Waals surface area contributed by atoms with E-state index in [1.807, 2.05) is 0 Å². The topological polar surface area (TPSA) is 35.1 Å². The molecular weight excluding hydrogens is 657 g/mol. The number of rotatable bonds is 2. The zero-order chi connectivity index (χ0) is 35.1. The predicted molar refractivity (Wildman–Crippen MR) is 226 cm³/mol. The molecule has 0 aliphatic carbocycles. The lowest BCUT2D eigenvalue weighted by molar-refractivity contribution is 1.02. The van der Waals surface area contributed by atoms with Gasteiger partial charge in [-0.3, -0.25) is 4.57 Å². The minimum absolute atomic E-state index is 0.665. The first-order chi connectivity index (χ1) is 26.8. The van der Waals surface area contributed by atoms with Crippen LogP contribution in [0.4, 0.5) is 0 Å². The Bertz CT molecular complexity index is 3720. The van der Waals surface area contributed by atoms with Crippen LogP contribution >= 0.6 is 0 Å². The van der Waals surface area contributed by atoms with Crippen molar-refractivity contribution >= 4 is 103 Å². The van der Waals surface area contributed by atoms with Gasteiger partial charge in [-0.25, -0.2) is 9.97 Å². The predicted octanol–water partition coefficient (Wildman–Crippen LogP) is 13.0. The molecule has 0 saturated carbocycles. The Morgan fingerprint density at radius 1 is 0.352 bits per heavy atom. The Morgan fingerprint density at radius 2 is 0.963 bits per heavy atom. The second kappa shape index (κ2) is 10.2. The van der Waals surface area contributed by atoms with Crippen molar-refractivity contribution in [2.75, 3.05) is 0 Å². The van der Waals surface area contributed by atoms with E-state index >= 15 is 0 Å². The third-order valence-electron chi connectivity index (χ3n) is 11.8. The monoisotopic (exact) mass is 684 g/mol. The highest BCUT2D eigenvalue weighted by molar-refractivity contribution is 6.38. The van der Waals surface area contributed by atoms with Crippen molar-refractivity contribution in [3.05, 3.63) is 170 Å². The Balaban J connectivity index is 1.37. The number of benzene rings is 9. The molecule has 13 aromatic rings. The third-order valence-corrected chi connectivity index (χ3v) is 11.8. The van der Waals surface area contributed by atoms with Crippen molar-refractivity contribution in [3.63, 3.8) is 0 Å². The lowest BCUT2D eigenvalue weighted by Crippen LogP contribution is -2.04. The van der Waals surface area contributed by atoms with Gasteiger partial charge in [0.1, 0.15) is 0 Å². The average Bonchev–Trinajstić information content (AvgIpc) is 3.74. The third kappa shape index (κ3) is 3.52. The first-order valence-electron chi connectivity index (χ1n) is 18.5. The maximum absolute atomic E-state index is 5.62. The highest BCUT2D eigenvalue weighted by Gasteiger charge is 2.27. The number of aromatic nitrogens is 4. The SMILES string of the molecule is c1ccc(-c2nc(-n3c4c5ccccc5cc5c6cccc7c8ccccc8n(c8cc9ccccc9c3c8c54)c67)nc3c2ccc2ccccc23)cc1. The van der Waals surface area contributed by atoms with E-state index in [0.29, 0.717) is 5.95 Å². The lowest BCUT2D eigenvalue weighted by Gasteiger charge is -2.15. The van der Waals surface area contributed by atoms with Crippen LogP contribution in [0.2, 0.25) is 0 Å². The molecule has 4 heteroatoms. The molecule has 0 radical (unpaired) electrons. The van der Waals surface area contributed by atoms with E-state index in [2.05, 4.69) is 179 Å². The molecule has 0 amide bonds. The van der Waals surface area contributed by atoms with Gasteiger partial charge >= 0.3 is 0 Å². The smallest absolute Gasteiger partial charge is 0.235 e. The van der Waals surface area contributed by atoms with E-state index in [1.165, 1.54) is 70.4 Å². The number of hydrogen-bond donors (Lipinski definition) is 0. The first kappa shape index (κ1) is 28.3. The quantitative estimate of drug-likeness (QED) is 0.170. The van der Waals surface area contributed by atoms with E-state index in [-0.39, 0.29) is 0 Å². The van der Waals surface area contributed by atoms with Gasteiger partial charge in [0, 0.05) is 54.0 Å². The zero-order valence-electron chi connectivity index (χ0n) is 29.0. The van der Waals surface area contributed by atoms with Crippen molar-refractivity contribution in [2.45, 2.75) is 0 Å². The molecule has 54 heavy (non-hydrogen) atoms. The summed E-state index contributed by atoms with van der Waals surface area (Å²) >= 11 is 0. The van der Waals surface area contributed by atoms with E-state index in [0.717, 1.165) is 44.0 Å². The lowest BCUT2D eigenvalue weighted by atomic mass is 9.98. The van der Waals surface area contributed by atoms with Crippen molar-refractivity contribution in [3.8, 4) is 17.2 Å². The molecule has 248 valence electrons. The number of hydrogen-bond acceptors (Lipinski definition) is 2. The minimum atomic E-state index is 0.665. The van der Waals surface area contributed by atoms with E-state index in [9.17, 15) is 0 Å². The normalized spacial score (nSPS) is 12.4. The van der Waals surface area contributed by atoms with Crippen LogP contribution in [0, 0.1) is 0 Å². The van der Waals surface area contributed by atoms with Crippen LogP contribution in [0.5, 0.6) is 0 Å². The summed E-state index contributed by atoms with van der Waals surface area (Å²) in [7, 11) is 0. The van der Waals surface area contributed by atoms with Crippen LogP contribution in [-0.2, 0) is 0 Å². The van der Waals surface area contributed by atoms with Crippen LogP contribution in [-0.4, -0.2) is 18.9 Å². The Hall–Kier alpha value is -7.30. The van der Waals surface area contributed by atoms with Crippen LogP contribution in [0.15, 0.2) is 170 Å². The summed E-state index contributed by atoms with van der Waals surface area (Å²) in [5.41, 5.74) is 8.80. The molecule has 0 saturated heterocycles. The van der Waals surface area contributed by atoms with E-state index < -0.39 is 0 Å². The fraction of sp³-hybridized carbons (Fsp3) is 0. The summed E-state index contributed by atoms with van der Waals surface area (Å²) in [6.07, 6.45) is 0. The van der Waals surface area contributed by atoms with E-state index in [1.54, 1.807) is 0 Å². The summed E-state index contributed by atoms with van der Waals surface area (Å²) in [5.74, 6) is 0.665. The second-order valence-electron chi connectivity index (χ2n) is 14.5. The van der Waals surface area contributed by atoms with Gasteiger partial charge in [-0.2, -0.15) is 0 Å². The summed E-state index contributed by atoms with van der Waals surface area (Å²) in [5, 5.41) is 15.4. The number of nitrogens with zero attached hydrogens (tertiary/aromatic N) is 4. The Labute approximate surface area is 308 Å². The largest absolute Gasteiger partial charge is 0.308 e.